The molecule has 6 heteroatoms. The van der Waals surface area contributed by atoms with Gasteiger partial charge in [0.25, 0.3) is 0 Å². The van der Waals surface area contributed by atoms with Gasteiger partial charge in [-0.05, 0) is 37.9 Å². The predicted molar refractivity (Wildman–Crippen MR) is 67.4 cm³/mol. The van der Waals surface area contributed by atoms with Crippen LogP contribution < -0.4 is 5.32 Å². The van der Waals surface area contributed by atoms with Gasteiger partial charge >= 0.3 is 6.18 Å². The van der Waals surface area contributed by atoms with Crippen LogP contribution in [0.15, 0.2) is 12.1 Å². The van der Waals surface area contributed by atoms with Gasteiger partial charge in [-0.3, -0.25) is 0 Å². The van der Waals surface area contributed by atoms with Crippen LogP contribution in [0.25, 0.3) is 0 Å². The van der Waals surface area contributed by atoms with E-state index in [0.29, 0.717) is 13.0 Å². The lowest BCUT2D eigenvalue weighted by Crippen LogP contribution is -2.26. The molecule has 0 aliphatic carbocycles. The van der Waals surface area contributed by atoms with Crippen molar-refractivity contribution in [2.24, 2.45) is 0 Å². The second kappa shape index (κ2) is 7.02. The summed E-state index contributed by atoms with van der Waals surface area (Å²) < 4.78 is 64.7. The van der Waals surface area contributed by atoms with E-state index in [-0.39, 0.29) is 17.5 Å². The number of nitrogens with one attached hydrogen (secondary N) is 1. The van der Waals surface area contributed by atoms with E-state index >= 15 is 0 Å². The van der Waals surface area contributed by atoms with Gasteiger partial charge < -0.3 is 5.32 Å². The molecule has 1 unspecified atom stereocenters. The molecule has 1 aromatic carbocycles. The highest BCUT2D eigenvalue weighted by Crippen LogP contribution is 2.31. The lowest BCUT2D eigenvalue weighted by atomic mass is 9.98. The minimum absolute atomic E-state index is 0.219. The molecule has 0 heterocycles. The molecule has 0 bridgehead atoms. The molecule has 1 N–H and O–H groups in total. The van der Waals surface area contributed by atoms with E-state index in [0.717, 1.165) is 6.07 Å². The van der Waals surface area contributed by atoms with Gasteiger partial charge in [-0.15, -0.1) is 0 Å². The van der Waals surface area contributed by atoms with Gasteiger partial charge in [0, 0.05) is 18.0 Å². The van der Waals surface area contributed by atoms with Crippen molar-refractivity contribution in [2.75, 3.05) is 6.54 Å². The van der Waals surface area contributed by atoms with Crippen LogP contribution in [0.5, 0.6) is 0 Å². The van der Waals surface area contributed by atoms with Crippen LogP contribution in [0.1, 0.15) is 43.4 Å². The maximum absolute atomic E-state index is 14.0. The van der Waals surface area contributed by atoms with E-state index in [1.807, 2.05) is 6.92 Å². The second-order valence-corrected chi connectivity index (χ2v) is 4.75. The summed E-state index contributed by atoms with van der Waals surface area (Å²) in [6.45, 7) is 3.69. The average Bonchev–Trinajstić information content (AvgIpc) is 2.35. The first-order valence-electron chi connectivity index (χ1n) is 6.51. The number of halogens is 5. The molecule has 1 aromatic rings. The number of hydrogen-bond acceptors (Lipinski definition) is 1. The fourth-order valence-corrected chi connectivity index (χ4v) is 1.97. The largest absolute Gasteiger partial charge is 0.389 e. The Labute approximate surface area is 115 Å². The lowest BCUT2D eigenvalue weighted by Gasteiger charge is -2.21. The highest BCUT2D eigenvalue weighted by Gasteiger charge is 2.30. The Kier molecular flexibility index (Phi) is 5.92. The highest BCUT2D eigenvalue weighted by atomic mass is 19.4. The molecule has 0 radical (unpaired) electrons. The molecule has 0 fully saturated rings. The van der Waals surface area contributed by atoms with Gasteiger partial charge in [-0.2, -0.15) is 13.2 Å². The summed E-state index contributed by atoms with van der Waals surface area (Å²) in [4.78, 5) is 0. The van der Waals surface area contributed by atoms with Gasteiger partial charge in [-0.1, -0.05) is 13.0 Å². The summed E-state index contributed by atoms with van der Waals surface area (Å²) in [6.07, 6.45) is -5.15. The maximum atomic E-state index is 14.0. The minimum Gasteiger partial charge on any atom is -0.310 e. The Bertz CT molecular complexity index is 442. The number of hydrogen-bond donors (Lipinski definition) is 1. The topological polar surface area (TPSA) is 12.0 Å². The van der Waals surface area contributed by atoms with E-state index in [1.165, 1.54) is 13.0 Å². The van der Waals surface area contributed by atoms with E-state index in [9.17, 15) is 22.0 Å². The number of aryl methyl sites for hydroxylation is 1. The van der Waals surface area contributed by atoms with Crippen molar-refractivity contribution in [3.8, 4) is 0 Å². The summed E-state index contributed by atoms with van der Waals surface area (Å²) >= 11 is 0. The summed E-state index contributed by atoms with van der Waals surface area (Å²) in [7, 11) is 0. The summed E-state index contributed by atoms with van der Waals surface area (Å²) in [5.74, 6) is -1.59. The van der Waals surface area contributed by atoms with Gasteiger partial charge in [0.05, 0.1) is 0 Å². The predicted octanol–water partition coefficient (Wildman–Crippen LogP) is 4.66. The Hall–Kier alpha value is -1.17. The Morgan fingerprint density at radius 1 is 1.20 bits per heavy atom. The standard InChI is InChI=1S/C14H18F5N/c1-3-8-20-11(6-7-14(17,18)19)12-10(15)5-4-9(2)13(12)16/h4-5,11,20H,3,6-8H2,1-2H3. The van der Waals surface area contributed by atoms with E-state index < -0.39 is 30.3 Å². The molecule has 0 aliphatic heterocycles. The third-order valence-corrected chi connectivity index (χ3v) is 3.03. The van der Waals surface area contributed by atoms with Crippen molar-refractivity contribution in [2.45, 2.75) is 45.3 Å². The zero-order valence-electron chi connectivity index (χ0n) is 11.5. The van der Waals surface area contributed by atoms with Crippen molar-refractivity contribution in [1.29, 1.82) is 0 Å². The molecule has 1 nitrogen and oxygen atoms in total. The smallest absolute Gasteiger partial charge is 0.310 e. The summed E-state index contributed by atoms with van der Waals surface area (Å²) in [5.41, 5.74) is -0.0839. The fourth-order valence-electron chi connectivity index (χ4n) is 1.97. The molecule has 0 spiro atoms. The lowest BCUT2D eigenvalue weighted by molar-refractivity contribution is -0.136. The van der Waals surface area contributed by atoms with Crippen LogP contribution in [0.2, 0.25) is 0 Å². The molecule has 0 saturated heterocycles. The molecule has 0 aromatic heterocycles. The molecule has 0 aliphatic rings. The molecular formula is C14H18F5N. The first kappa shape index (κ1) is 16.9. The quantitative estimate of drug-likeness (QED) is 0.753. The van der Waals surface area contributed by atoms with Crippen LogP contribution in [0.3, 0.4) is 0 Å². The zero-order chi connectivity index (χ0) is 15.3. The Balaban J connectivity index is 3.01. The van der Waals surface area contributed by atoms with Gasteiger partial charge in [0.2, 0.25) is 0 Å². The number of alkyl halides is 3. The third-order valence-electron chi connectivity index (χ3n) is 3.03. The fraction of sp³-hybridized carbons (Fsp3) is 0.571. The van der Waals surface area contributed by atoms with Crippen LogP contribution in [0, 0.1) is 18.6 Å². The van der Waals surface area contributed by atoms with Gasteiger partial charge in [0.1, 0.15) is 11.6 Å². The highest BCUT2D eigenvalue weighted by molar-refractivity contribution is 5.29. The van der Waals surface area contributed by atoms with Crippen LogP contribution in [-0.2, 0) is 0 Å². The normalized spacial score (nSPS) is 13.6. The molecule has 0 amide bonds. The van der Waals surface area contributed by atoms with E-state index in [2.05, 4.69) is 5.32 Å². The van der Waals surface area contributed by atoms with Crippen LogP contribution in [-0.4, -0.2) is 12.7 Å². The first-order valence-corrected chi connectivity index (χ1v) is 6.51. The van der Waals surface area contributed by atoms with Crippen molar-refractivity contribution in [3.05, 3.63) is 34.9 Å². The third kappa shape index (κ3) is 4.74. The van der Waals surface area contributed by atoms with E-state index in [4.69, 9.17) is 0 Å². The molecule has 1 atom stereocenters. The maximum Gasteiger partial charge on any atom is 0.389 e. The Morgan fingerprint density at radius 3 is 2.40 bits per heavy atom. The minimum atomic E-state index is -4.34. The molecular weight excluding hydrogens is 277 g/mol. The second-order valence-electron chi connectivity index (χ2n) is 4.75. The van der Waals surface area contributed by atoms with Gasteiger partial charge in [0.15, 0.2) is 0 Å². The van der Waals surface area contributed by atoms with Crippen molar-refractivity contribution in [3.63, 3.8) is 0 Å². The summed E-state index contributed by atoms with van der Waals surface area (Å²) in [6, 6.07) is 1.38. The van der Waals surface area contributed by atoms with Crippen molar-refractivity contribution in [1.82, 2.24) is 5.32 Å². The SMILES string of the molecule is CCCNC(CCC(F)(F)F)c1c(F)ccc(C)c1F. The Morgan fingerprint density at radius 2 is 1.85 bits per heavy atom. The molecule has 0 saturated carbocycles. The summed E-state index contributed by atoms with van der Waals surface area (Å²) in [5, 5.41) is 2.79. The van der Waals surface area contributed by atoms with Crippen LogP contribution in [0.4, 0.5) is 22.0 Å². The molecule has 20 heavy (non-hydrogen) atoms. The molecule has 1 rings (SSSR count). The van der Waals surface area contributed by atoms with Crippen molar-refractivity contribution < 1.29 is 22.0 Å². The first-order chi connectivity index (χ1) is 9.26. The van der Waals surface area contributed by atoms with E-state index in [1.54, 1.807) is 0 Å². The zero-order valence-corrected chi connectivity index (χ0v) is 11.5. The van der Waals surface area contributed by atoms with Gasteiger partial charge in [-0.25, -0.2) is 8.78 Å². The van der Waals surface area contributed by atoms with Crippen LogP contribution >= 0.6 is 0 Å². The average molecular weight is 295 g/mol. The number of benzene rings is 1. The number of rotatable bonds is 6. The molecule has 114 valence electrons. The van der Waals surface area contributed by atoms with Crippen molar-refractivity contribution >= 4 is 0 Å². The monoisotopic (exact) mass is 295 g/mol.